The molecule has 0 radical (unpaired) electrons. The summed E-state index contributed by atoms with van der Waals surface area (Å²) in [5.74, 6) is 1.02. The highest BCUT2D eigenvalue weighted by atomic mass is 32.1. The van der Waals surface area contributed by atoms with Gasteiger partial charge in [-0.3, -0.25) is 0 Å². The minimum atomic E-state index is -0.127. The van der Waals surface area contributed by atoms with Gasteiger partial charge in [-0.2, -0.15) is 0 Å². The summed E-state index contributed by atoms with van der Waals surface area (Å²) in [6.07, 6.45) is 5.09. The van der Waals surface area contributed by atoms with E-state index >= 15 is 0 Å². The first-order valence-corrected chi connectivity index (χ1v) is 8.34. The van der Waals surface area contributed by atoms with Gasteiger partial charge in [0.2, 0.25) is 0 Å². The van der Waals surface area contributed by atoms with Crippen LogP contribution in [-0.4, -0.2) is 47.0 Å². The average molecular weight is 305 g/mol. The fourth-order valence-electron chi connectivity index (χ4n) is 3.35. The van der Waals surface area contributed by atoms with Crippen LogP contribution in [-0.2, 0) is 17.6 Å². The molecule has 21 heavy (non-hydrogen) atoms. The molecular weight excluding hydrogens is 286 g/mol. The molecule has 0 amide bonds. The van der Waals surface area contributed by atoms with Crippen LogP contribution in [0.25, 0.3) is 10.2 Å². The van der Waals surface area contributed by atoms with Crippen LogP contribution < -0.4 is 4.90 Å². The lowest BCUT2D eigenvalue weighted by Gasteiger charge is -2.38. The molecule has 1 N–H and O–H groups in total. The van der Waals surface area contributed by atoms with E-state index in [1.54, 1.807) is 6.33 Å². The molecule has 112 valence electrons. The zero-order valence-corrected chi connectivity index (χ0v) is 12.9. The Morgan fingerprint density at radius 2 is 2.33 bits per heavy atom. The number of anilines is 1. The molecular formula is C15H19N3O2S. The maximum Gasteiger partial charge on any atom is 0.141 e. The monoisotopic (exact) mass is 305 g/mol. The largest absolute Gasteiger partial charge is 0.394 e. The fraction of sp³-hybridized carbons (Fsp3) is 0.600. The number of hydrogen-bond acceptors (Lipinski definition) is 6. The van der Waals surface area contributed by atoms with Crippen molar-refractivity contribution < 1.29 is 9.84 Å². The molecule has 5 nitrogen and oxygen atoms in total. The number of rotatable bonds is 2. The lowest BCUT2D eigenvalue weighted by atomic mass is 10.1. The Morgan fingerprint density at radius 1 is 1.43 bits per heavy atom. The zero-order valence-electron chi connectivity index (χ0n) is 12.1. The molecule has 2 aliphatic rings. The molecule has 1 aliphatic heterocycles. The third-order valence-corrected chi connectivity index (χ3v) is 5.66. The van der Waals surface area contributed by atoms with Gasteiger partial charge in [-0.25, -0.2) is 9.97 Å². The van der Waals surface area contributed by atoms with Crippen LogP contribution in [0, 0.1) is 0 Å². The van der Waals surface area contributed by atoms with Crippen molar-refractivity contribution in [3.05, 3.63) is 16.8 Å². The summed E-state index contributed by atoms with van der Waals surface area (Å²) >= 11 is 1.81. The summed E-state index contributed by atoms with van der Waals surface area (Å²) < 4.78 is 5.64. The number of hydrogen-bond donors (Lipinski definition) is 1. The molecule has 1 fully saturated rings. The number of fused-ring (bicyclic) bond motifs is 3. The molecule has 0 bridgehead atoms. The van der Waals surface area contributed by atoms with E-state index in [1.807, 2.05) is 11.3 Å². The molecule has 6 heteroatoms. The first kappa shape index (κ1) is 13.4. The third kappa shape index (κ3) is 2.13. The Morgan fingerprint density at radius 3 is 3.19 bits per heavy atom. The highest BCUT2D eigenvalue weighted by molar-refractivity contribution is 7.19. The second-order valence-electron chi connectivity index (χ2n) is 5.87. The maximum atomic E-state index is 9.39. The number of morpholine rings is 1. The maximum absolute atomic E-state index is 9.39. The Bertz CT molecular complexity index is 672. The summed E-state index contributed by atoms with van der Waals surface area (Å²) in [5.41, 5.74) is 1.45. The van der Waals surface area contributed by atoms with E-state index in [2.05, 4.69) is 21.8 Å². The molecule has 2 aromatic heterocycles. The van der Waals surface area contributed by atoms with Gasteiger partial charge in [0.05, 0.1) is 30.7 Å². The van der Waals surface area contributed by atoms with Crippen LogP contribution in [0.2, 0.25) is 0 Å². The van der Waals surface area contributed by atoms with Crippen LogP contribution in [0.4, 0.5) is 5.82 Å². The van der Waals surface area contributed by atoms with Crippen LogP contribution >= 0.6 is 11.3 Å². The molecule has 2 aromatic rings. The minimum absolute atomic E-state index is 0.0548. The smallest absolute Gasteiger partial charge is 0.141 e. The Hall–Kier alpha value is -1.24. The van der Waals surface area contributed by atoms with Crippen LogP contribution in [0.5, 0.6) is 0 Å². The molecule has 1 saturated heterocycles. The molecule has 3 heterocycles. The van der Waals surface area contributed by atoms with E-state index in [4.69, 9.17) is 4.74 Å². The predicted octanol–water partition coefficient (Wildman–Crippen LogP) is 1.77. The fourth-order valence-corrected chi connectivity index (χ4v) is 4.58. The van der Waals surface area contributed by atoms with Crippen molar-refractivity contribution in [3.63, 3.8) is 0 Å². The first-order valence-electron chi connectivity index (χ1n) is 7.52. The van der Waals surface area contributed by atoms with Crippen molar-refractivity contribution in [2.24, 2.45) is 0 Å². The molecule has 1 aliphatic carbocycles. The van der Waals surface area contributed by atoms with Crippen LogP contribution in [0.1, 0.15) is 23.8 Å². The Kier molecular flexibility index (Phi) is 3.32. The van der Waals surface area contributed by atoms with Crippen molar-refractivity contribution in [2.45, 2.75) is 38.3 Å². The van der Waals surface area contributed by atoms with Crippen LogP contribution in [0.3, 0.4) is 0 Å². The van der Waals surface area contributed by atoms with Crippen molar-refractivity contribution >= 4 is 27.4 Å². The van der Waals surface area contributed by atoms with Gasteiger partial charge in [-0.1, -0.05) is 0 Å². The number of aromatic nitrogens is 2. The second-order valence-corrected chi connectivity index (χ2v) is 6.96. The zero-order chi connectivity index (χ0) is 14.4. The van der Waals surface area contributed by atoms with E-state index < -0.39 is 0 Å². The van der Waals surface area contributed by atoms with Crippen LogP contribution in [0.15, 0.2) is 6.33 Å². The number of ether oxygens (including phenoxy) is 1. The van der Waals surface area contributed by atoms with E-state index in [1.165, 1.54) is 28.7 Å². The third-order valence-electron chi connectivity index (χ3n) is 4.46. The number of aliphatic hydroxyl groups is 1. The number of nitrogens with zero attached hydrogens (tertiary/aromatic N) is 3. The summed E-state index contributed by atoms with van der Waals surface area (Å²) in [6.45, 7) is 3.52. The van der Waals surface area contributed by atoms with Crippen molar-refractivity contribution in [3.8, 4) is 0 Å². The molecule has 2 atom stereocenters. The summed E-state index contributed by atoms with van der Waals surface area (Å²) in [4.78, 5) is 13.9. The van der Waals surface area contributed by atoms with Gasteiger partial charge in [0.1, 0.15) is 17.0 Å². The number of thiophene rings is 1. The van der Waals surface area contributed by atoms with Gasteiger partial charge in [0.15, 0.2) is 0 Å². The van der Waals surface area contributed by atoms with E-state index in [0.29, 0.717) is 13.2 Å². The number of aryl methyl sites for hydroxylation is 2. The topological polar surface area (TPSA) is 58.5 Å². The van der Waals surface area contributed by atoms with Gasteiger partial charge in [-0.15, -0.1) is 11.3 Å². The predicted molar refractivity (Wildman–Crippen MR) is 83.1 cm³/mol. The summed E-state index contributed by atoms with van der Waals surface area (Å²) in [5, 5.41) is 10.6. The molecule has 0 spiro atoms. The number of aliphatic hydroxyl groups excluding tert-OH is 1. The molecule has 4 rings (SSSR count). The summed E-state index contributed by atoms with van der Waals surface area (Å²) in [6, 6.07) is 0.267. The molecule has 0 unspecified atom stereocenters. The second kappa shape index (κ2) is 5.19. The van der Waals surface area contributed by atoms with Gasteiger partial charge >= 0.3 is 0 Å². The standard InChI is InChI=1S/C15H19N3O2S/c1-9-7-20-10(6-19)5-18(9)14-13-11-3-2-4-12(11)21-15(13)17-8-16-14/h8-10,19H,2-7H2,1H3/t9-,10-/m0/s1. The Labute approximate surface area is 127 Å². The molecule has 0 saturated carbocycles. The highest BCUT2D eigenvalue weighted by Crippen LogP contribution is 2.40. The van der Waals surface area contributed by atoms with E-state index in [9.17, 15) is 5.11 Å². The minimum Gasteiger partial charge on any atom is -0.394 e. The van der Waals surface area contributed by atoms with Gasteiger partial charge < -0.3 is 14.7 Å². The SMILES string of the molecule is C[C@H]1CO[C@H](CO)CN1c1ncnc2sc3c(c12)CCC3. The lowest BCUT2D eigenvalue weighted by Crippen LogP contribution is -2.50. The van der Waals surface area contributed by atoms with Crippen molar-refractivity contribution in [2.75, 3.05) is 24.7 Å². The highest BCUT2D eigenvalue weighted by Gasteiger charge is 2.30. The van der Waals surface area contributed by atoms with E-state index in [0.717, 1.165) is 17.1 Å². The Balaban J connectivity index is 1.82. The quantitative estimate of drug-likeness (QED) is 0.916. The average Bonchev–Trinajstić information content (AvgIpc) is 3.08. The first-order chi connectivity index (χ1) is 10.3. The van der Waals surface area contributed by atoms with Crippen molar-refractivity contribution in [1.29, 1.82) is 0 Å². The summed E-state index contributed by atoms with van der Waals surface area (Å²) in [7, 11) is 0. The van der Waals surface area contributed by atoms with Gasteiger partial charge in [-0.05, 0) is 31.7 Å². The van der Waals surface area contributed by atoms with Crippen molar-refractivity contribution in [1.82, 2.24) is 9.97 Å². The molecule has 0 aromatic carbocycles. The van der Waals surface area contributed by atoms with Gasteiger partial charge in [0, 0.05) is 11.4 Å². The van der Waals surface area contributed by atoms with E-state index in [-0.39, 0.29) is 18.8 Å². The van der Waals surface area contributed by atoms with Gasteiger partial charge in [0.25, 0.3) is 0 Å². The normalized spacial score (nSPS) is 25.5. The lowest BCUT2D eigenvalue weighted by molar-refractivity contribution is -0.0104.